The van der Waals surface area contributed by atoms with Gasteiger partial charge in [0.15, 0.2) is 5.78 Å². The van der Waals surface area contributed by atoms with Gasteiger partial charge in [0, 0.05) is 13.0 Å². The number of hydrogen-bond acceptors (Lipinski definition) is 2. The SMILES string of the molecule is CCOC1CC=CC(=O)C1. The Kier molecular flexibility index (Phi) is 2.63. The molecule has 0 aromatic heterocycles. The van der Waals surface area contributed by atoms with Gasteiger partial charge in [0.2, 0.25) is 0 Å². The molecule has 1 atom stereocenters. The van der Waals surface area contributed by atoms with Gasteiger partial charge in [-0.15, -0.1) is 0 Å². The van der Waals surface area contributed by atoms with Crippen LogP contribution in [0.1, 0.15) is 19.8 Å². The summed E-state index contributed by atoms with van der Waals surface area (Å²) < 4.78 is 5.28. The third-order valence-electron chi connectivity index (χ3n) is 1.53. The average Bonchev–Trinajstić information content (AvgIpc) is 1.88. The van der Waals surface area contributed by atoms with Crippen molar-refractivity contribution >= 4 is 5.78 Å². The molecule has 10 heavy (non-hydrogen) atoms. The number of ketones is 1. The molecule has 0 fully saturated rings. The summed E-state index contributed by atoms with van der Waals surface area (Å²) in [6, 6.07) is 0. The summed E-state index contributed by atoms with van der Waals surface area (Å²) in [5.41, 5.74) is 0. The predicted molar refractivity (Wildman–Crippen MR) is 38.8 cm³/mol. The van der Waals surface area contributed by atoms with Crippen molar-refractivity contribution in [2.24, 2.45) is 0 Å². The Morgan fingerprint density at radius 1 is 1.80 bits per heavy atom. The minimum atomic E-state index is 0.141. The smallest absolute Gasteiger partial charge is 0.157 e. The highest BCUT2D eigenvalue weighted by molar-refractivity contribution is 5.90. The molecular formula is C8H12O2. The molecule has 0 radical (unpaired) electrons. The third kappa shape index (κ3) is 1.95. The molecule has 2 nitrogen and oxygen atoms in total. The van der Waals surface area contributed by atoms with Crippen LogP contribution in [-0.2, 0) is 9.53 Å². The second-order valence-electron chi connectivity index (χ2n) is 2.39. The minimum absolute atomic E-state index is 0.141. The van der Waals surface area contributed by atoms with Gasteiger partial charge in [-0.1, -0.05) is 6.08 Å². The summed E-state index contributed by atoms with van der Waals surface area (Å²) in [7, 11) is 0. The van der Waals surface area contributed by atoms with E-state index in [1.165, 1.54) is 0 Å². The van der Waals surface area contributed by atoms with Gasteiger partial charge >= 0.3 is 0 Å². The first kappa shape index (κ1) is 7.48. The zero-order valence-electron chi connectivity index (χ0n) is 6.17. The summed E-state index contributed by atoms with van der Waals surface area (Å²) in [6.45, 7) is 2.65. The standard InChI is InChI=1S/C8H12O2/c1-2-10-8-5-3-4-7(9)6-8/h3-4,8H,2,5-6H2,1H3. The first-order valence-electron chi connectivity index (χ1n) is 3.64. The van der Waals surface area contributed by atoms with E-state index in [4.69, 9.17) is 4.74 Å². The normalized spacial score (nSPS) is 25.3. The molecule has 0 spiro atoms. The second kappa shape index (κ2) is 3.52. The molecule has 0 N–H and O–H groups in total. The van der Waals surface area contributed by atoms with E-state index in [1.54, 1.807) is 6.08 Å². The molecule has 1 unspecified atom stereocenters. The third-order valence-corrected chi connectivity index (χ3v) is 1.53. The Hall–Kier alpha value is -0.630. The highest BCUT2D eigenvalue weighted by atomic mass is 16.5. The maximum absolute atomic E-state index is 10.8. The van der Waals surface area contributed by atoms with E-state index < -0.39 is 0 Å². The molecular weight excluding hydrogens is 128 g/mol. The molecule has 2 heteroatoms. The van der Waals surface area contributed by atoms with Crippen LogP contribution in [0.3, 0.4) is 0 Å². The molecule has 0 saturated heterocycles. The monoisotopic (exact) mass is 140 g/mol. The van der Waals surface area contributed by atoms with Crippen molar-refractivity contribution in [3.63, 3.8) is 0 Å². The Morgan fingerprint density at radius 3 is 3.20 bits per heavy atom. The fourth-order valence-electron chi connectivity index (χ4n) is 1.09. The molecule has 1 aliphatic carbocycles. The van der Waals surface area contributed by atoms with Crippen molar-refractivity contribution in [1.29, 1.82) is 0 Å². The van der Waals surface area contributed by atoms with Gasteiger partial charge in [-0.2, -0.15) is 0 Å². The van der Waals surface area contributed by atoms with Crippen LogP contribution in [-0.4, -0.2) is 18.5 Å². The number of allylic oxidation sites excluding steroid dienone is 1. The fraction of sp³-hybridized carbons (Fsp3) is 0.625. The molecule has 0 bridgehead atoms. The van der Waals surface area contributed by atoms with Crippen LogP contribution >= 0.6 is 0 Å². The largest absolute Gasteiger partial charge is 0.378 e. The summed E-state index contributed by atoms with van der Waals surface area (Å²) in [5.74, 6) is 0.185. The molecule has 0 saturated carbocycles. The van der Waals surface area contributed by atoms with Crippen LogP contribution in [0, 0.1) is 0 Å². The van der Waals surface area contributed by atoms with Gasteiger partial charge in [0.05, 0.1) is 6.10 Å². The van der Waals surface area contributed by atoms with Crippen molar-refractivity contribution in [2.45, 2.75) is 25.9 Å². The number of ether oxygens (including phenoxy) is 1. The van der Waals surface area contributed by atoms with Crippen molar-refractivity contribution < 1.29 is 9.53 Å². The van der Waals surface area contributed by atoms with E-state index in [9.17, 15) is 4.79 Å². The lowest BCUT2D eigenvalue weighted by atomic mass is 10.0. The van der Waals surface area contributed by atoms with Crippen molar-refractivity contribution in [2.75, 3.05) is 6.61 Å². The molecule has 0 aromatic rings. The highest BCUT2D eigenvalue weighted by Gasteiger charge is 2.14. The zero-order valence-corrected chi connectivity index (χ0v) is 6.17. The topological polar surface area (TPSA) is 26.3 Å². The maximum atomic E-state index is 10.8. The minimum Gasteiger partial charge on any atom is -0.378 e. The zero-order chi connectivity index (χ0) is 7.40. The molecule has 0 aliphatic heterocycles. The molecule has 56 valence electrons. The molecule has 0 heterocycles. The van der Waals surface area contributed by atoms with Gasteiger partial charge in [-0.05, 0) is 19.4 Å². The summed E-state index contributed by atoms with van der Waals surface area (Å²) in [4.78, 5) is 10.8. The Balaban J connectivity index is 2.36. The Morgan fingerprint density at radius 2 is 2.60 bits per heavy atom. The predicted octanol–water partition coefficient (Wildman–Crippen LogP) is 1.31. The van der Waals surface area contributed by atoms with E-state index in [2.05, 4.69) is 0 Å². The van der Waals surface area contributed by atoms with Gasteiger partial charge in [-0.25, -0.2) is 0 Å². The molecule has 0 amide bonds. The second-order valence-corrected chi connectivity index (χ2v) is 2.39. The fourth-order valence-corrected chi connectivity index (χ4v) is 1.09. The lowest BCUT2D eigenvalue weighted by molar-refractivity contribution is -0.117. The molecule has 1 aliphatic rings. The van der Waals surface area contributed by atoms with Crippen molar-refractivity contribution in [3.8, 4) is 0 Å². The lowest BCUT2D eigenvalue weighted by Gasteiger charge is -2.15. The van der Waals surface area contributed by atoms with Crippen molar-refractivity contribution in [1.82, 2.24) is 0 Å². The Bertz CT molecular complexity index is 149. The van der Waals surface area contributed by atoms with E-state index in [0.717, 1.165) is 6.42 Å². The van der Waals surface area contributed by atoms with Crippen LogP contribution in [0.4, 0.5) is 0 Å². The van der Waals surface area contributed by atoms with Crippen LogP contribution < -0.4 is 0 Å². The average molecular weight is 140 g/mol. The molecule has 0 aromatic carbocycles. The Labute approximate surface area is 60.9 Å². The van der Waals surface area contributed by atoms with Gasteiger partial charge in [0.1, 0.15) is 0 Å². The van der Waals surface area contributed by atoms with Crippen LogP contribution in [0.15, 0.2) is 12.2 Å². The maximum Gasteiger partial charge on any atom is 0.157 e. The van der Waals surface area contributed by atoms with Crippen LogP contribution in [0.2, 0.25) is 0 Å². The summed E-state index contributed by atoms with van der Waals surface area (Å²) in [5, 5.41) is 0. The quantitative estimate of drug-likeness (QED) is 0.578. The van der Waals surface area contributed by atoms with E-state index in [0.29, 0.717) is 13.0 Å². The van der Waals surface area contributed by atoms with Gasteiger partial charge in [0.25, 0.3) is 0 Å². The number of carbonyl (C=O) groups excluding carboxylic acids is 1. The van der Waals surface area contributed by atoms with Crippen LogP contribution in [0.25, 0.3) is 0 Å². The van der Waals surface area contributed by atoms with E-state index in [1.807, 2.05) is 13.0 Å². The van der Waals surface area contributed by atoms with Gasteiger partial charge < -0.3 is 4.74 Å². The van der Waals surface area contributed by atoms with Crippen molar-refractivity contribution in [3.05, 3.63) is 12.2 Å². The lowest BCUT2D eigenvalue weighted by Crippen LogP contribution is -2.19. The highest BCUT2D eigenvalue weighted by Crippen LogP contribution is 2.11. The van der Waals surface area contributed by atoms with Gasteiger partial charge in [-0.3, -0.25) is 4.79 Å². The van der Waals surface area contributed by atoms with Crippen LogP contribution in [0.5, 0.6) is 0 Å². The molecule has 1 rings (SSSR count). The number of hydrogen-bond donors (Lipinski definition) is 0. The van der Waals surface area contributed by atoms with E-state index >= 15 is 0 Å². The number of rotatable bonds is 2. The first-order valence-corrected chi connectivity index (χ1v) is 3.64. The summed E-state index contributed by atoms with van der Waals surface area (Å²) in [6.07, 6.45) is 5.11. The first-order chi connectivity index (χ1) is 4.83. The summed E-state index contributed by atoms with van der Waals surface area (Å²) >= 11 is 0. The van der Waals surface area contributed by atoms with E-state index in [-0.39, 0.29) is 11.9 Å². The number of carbonyl (C=O) groups is 1.